The molecule has 1 N–H and O–H groups in total. The van der Waals surface area contributed by atoms with Gasteiger partial charge in [0.05, 0.1) is 5.75 Å². The first-order valence-corrected chi connectivity index (χ1v) is 7.04. The van der Waals surface area contributed by atoms with Gasteiger partial charge in [-0.1, -0.05) is 6.92 Å². The lowest BCUT2D eigenvalue weighted by atomic mass is 10.3. The van der Waals surface area contributed by atoms with Gasteiger partial charge < -0.3 is 4.74 Å². The second-order valence-corrected chi connectivity index (χ2v) is 5.44. The fourth-order valence-electron chi connectivity index (χ4n) is 1.24. The summed E-state index contributed by atoms with van der Waals surface area (Å²) in [5, 5.41) is 0. The quantitative estimate of drug-likeness (QED) is 0.757. The van der Waals surface area contributed by atoms with Crippen molar-refractivity contribution in [3.8, 4) is 5.75 Å². The van der Waals surface area contributed by atoms with E-state index in [0.717, 1.165) is 0 Å². The third-order valence-corrected chi connectivity index (χ3v) is 3.57. The van der Waals surface area contributed by atoms with Crippen LogP contribution in [0.1, 0.15) is 13.3 Å². The van der Waals surface area contributed by atoms with Crippen molar-refractivity contribution in [3.63, 3.8) is 0 Å². The minimum atomic E-state index is -3.18. The predicted molar refractivity (Wildman–Crippen MR) is 64.0 cm³/mol. The van der Waals surface area contributed by atoms with Gasteiger partial charge in [0.2, 0.25) is 10.0 Å². The molecule has 1 aromatic rings. The molecule has 1 rings (SSSR count). The first-order chi connectivity index (χ1) is 8.03. The van der Waals surface area contributed by atoms with Gasteiger partial charge in [0, 0.05) is 6.54 Å². The smallest absolute Gasteiger partial charge is 0.211 e. The van der Waals surface area contributed by atoms with Crippen molar-refractivity contribution < 1.29 is 17.5 Å². The van der Waals surface area contributed by atoms with Crippen LogP contribution < -0.4 is 9.46 Å². The van der Waals surface area contributed by atoms with Crippen LogP contribution >= 0.6 is 0 Å². The Kier molecular flexibility index (Phi) is 5.37. The van der Waals surface area contributed by atoms with Gasteiger partial charge >= 0.3 is 0 Å². The van der Waals surface area contributed by atoms with E-state index >= 15 is 0 Å². The normalized spacial score (nSPS) is 11.4. The van der Waals surface area contributed by atoms with Crippen molar-refractivity contribution in [2.75, 3.05) is 18.9 Å². The van der Waals surface area contributed by atoms with Gasteiger partial charge in [0.15, 0.2) is 0 Å². The third-order valence-electron chi connectivity index (χ3n) is 1.98. The number of ether oxygens (including phenoxy) is 1. The molecule has 4 nitrogen and oxygen atoms in total. The Labute approximate surface area is 101 Å². The summed E-state index contributed by atoms with van der Waals surface area (Å²) in [6.07, 6.45) is 0.578. The van der Waals surface area contributed by atoms with E-state index in [-0.39, 0.29) is 24.7 Å². The summed E-state index contributed by atoms with van der Waals surface area (Å²) in [7, 11) is -3.18. The highest BCUT2D eigenvalue weighted by atomic mass is 32.2. The van der Waals surface area contributed by atoms with Crippen molar-refractivity contribution in [2.24, 2.45) is 0 Å². The highest BCUT2D eigenvalue weighted by Crippen LogP contribution is 2.10. The van der Waals surface area contributed by atoms with Gasteiger partial charge in [-0.2, -0.15) is 0 Å². The molecule has 0 saturated carbocycles. The van der Waals surface area contributed by atoms with Gasteiger partial charge in [0.1, 0.15) is 18.2 Å². The van der Waals surface area contributed by atoms with E-state index in [0.29, 0.717) is 12.2 Å². The molecule has 0 aliphatic carbocycles. The summed E-state index contributed by atoms with van der Waals surface area (Å²) >= 11 is 0. The minimum absolute atomic E-state index is 0.115. The van der Waals surface area contributed by atoms with Crippen LogP contribution in [0.15, 0.2) is 24.3 Å². The number of hydrogen-bond acceptors (Lipinski definition) is 3. The Hall–Kier alpha value is -1.14. The van der Waals surface area contributed by atoms with Crippen LogP contribution in [0.2, 0.25) is 0 Å². The van der Waals surface area contributed by atoms with Crippen LogP contribution in [0.25, 0.3) is 0 Å². The minimum Gasteiger partial charge on any atom is -0.492 e. The molecule has 0 unspecified atom stereocenters. The molecule has 0 saturated heterocycles. The molecule has 0 fully saturated rings. The maximum Gasteiger partial charge on any atom is 0.211 e. The molecular weight excluding hydrogens is 245 g/mol. The lowest BCUT2D eigenvalue weighted by Crippen LogP contribution is -2.30. The zero-order valence-electron chi connectivity index (χ0n) is 9.65. The SMILES string of the molecule is CCCS(=O)(=O)NCCOc1ccc(F)cc1. The molecule has 0 heterocycles. The topological polar surface area (TPSA) is 55.4 Å². The van der Waals surface area contributed by atoms with E-state index in [9.17, 15) is 12.8 Å². The second kappa shape index (κ2) is 6.56. The molecule has 0 radical (unpaired) electrons. The molecule has 0 aliphatic heterocycles. The Balaban J connectivity index is 2.27. The molecule has 0 amide bonds. The highest BCUT2D eigenvalue weighted by Gasteiger charge is 2.06. The monoisotopic (exact) mass is 261 g/mol. The lowest BCUT2D eigenvalue weighted by Gasteiger charge is -2.07. The summed E-state index contributed by atoms with van der Waals surface area (Å²) in [6, 6.07) is 5.57. The van der Waals surface area contributed by atoms with Crippen LogP contribution in [-0.2, 0) is 10.0 Å². The second-order valence-electron chi connectivity index (χ2n) is 3.52. The maximum absolute atomic E-state index is 12.6. The number of sulfonamides is 1. The van der Waals surface area contributed by atoms with Gasteiger partial charge in [-0.3, -0.25) is 0 Å². The first kappa shape index (κ1) is 13.9. The molecule has 0 aliphatic rings. The van der Waals surface area contributed by atoms with E-state index in [2.05, 4.69) is 4.72 Å². The Morgan fingerprint density at radius 1 is 1.29 bits per heavy atom. The molecule has 96 valence electrons. The number of nitrogens with one attached hydrogen (secondary N) is 1. The molecule has 17 heavy (non-hydrogen) atoms. The molecule has 6 heteroatoms. The zero-order valence-corrected chi connectivity index (χ0v) is 10.5. The van der Waals surface area contributed by atoms with Crippen molar-refractivity contribution in [1.82, 2.24) is 4.72 Å². The van der Waals surface area contributed by atoms with Crippen LogP contribution in [0, 0.1) is 5.82 Å². The number of rotatable bonds is 7. The molecule has 0 aromatic heterocycles. The van der Waals surface area contributed by atoms with Crippen LogP contribution in [-0.4, -0.2) is 27.3 Å². The van der Waals surface area contributed by atoms with Gasteiger partial charge in [0.25, 0.3) is 0 Å². The molecule has 0 atom stereocenters. The molecule has 0 spiro atoms. The fraction of sp³-hybridized carbons (Fsp3) is 0.455. The van der Waals surface area contributed by atoms with Crippen molar-refractivity contribution in [1.29, 1.82) is 0 Å². The van der Waals surface area contributed by atoms with E-state index in [1.54, 1.807) is 6.92 Å². The predicted octanol–water partition coefficient (Wildman–Crippen LogP) is 1.53. The summed E-state index contributed by atoms with van der Waals surface area (Å²) in [5.41, 5.74) is 0. The van der Waals surface area contributed by atoms with Crippen LogP contribution in [0.4, 0.5) is 4.39 Å². The van der Waals surface area contributed by atoms with E-state index < -0.39 is 10.0 Å². The average molecular weight is 261 g/mol. The Morgan fingerprint density at radius 2 is 1.94 bits per heavy atom. The molecular formula is C11H16FNO3S. The molecule has 0 bridgehead atoms. The number of hydrogen-bond donors (Lipinski definition) is 1. The largest absolute Gasteiger partial charge is 0.492 e. The van der Waals surface area contributed by atoms with Crippen LogP contribution in [0.5, 0.6) is 5.75 Å². The summed E-state index contributed by atoms with van der Waals surface area (Å²) < 4.78 is 42.8. The van der Waals surface area contributed by atoms with Gasteiger partial charge in [-0.05, 0) is 30.7 Å². The van der Waals surface area contributed by atoms with Crippen molar-refractivity contribution in [2.45, 2.75) is 13.3 Å². The standard InChI is InChI=1S/C11H16FNO3S/c1-2-9-17(14,15)13-7-8-16-11-5-3-10(12)4-6-11/h3-6,13H,2,7-9H2,1H3. The molecule has 1 aromatic carbocycles. The van der Waals surface area contributed by atoms with Crippen molar-refractivity contribution >= 4 is 10.0 Å². The lowest BCUT2D eigenvalue weighted by molar-refractivity contribution is 0.322. The zero-order chi connectivity index (χ0) is 12.7. The first-order valence-electron chi connectivity index (χ1n) is 5.39. The van der Waals surface area contributed by atoms with E-state index in [1.807, 2.05) is 0 Å². The Morgan fingerprint density at radius 3 is 2.53 bits per heavy atom. The number of benzene rings is 1. The Bertz CT molecular complexity index is 431. The summed E-state index contributed by atoms with van der Waals surface area (Å²) in [6.45, 7) is 2.22. The highest BCUT2D eigenvalue weighted by molar-refractivity contribution is 7.89. The third kappa shape index (κ3) is 5.65. The van der Waals surface area contributed by atoms with Crippen molar-refractivity contribution in [3.05, 3.63) is 30.1 Å². The van der Waals surface area contributed by atoms with Crippen LogP contribution in [0.3, 0.4) is 0 Å². The van der Waals surface area contributed by atoms with Gasteiger partial charge in [-0.15, -0.1) is 0 Å². The van der Waals surface area contributed by atoms with E-state index in [1.165, 1.54) is 24.3 Å². The maximum atomic E-state index is 12.6. The van der Waals surface area contributed by atoms with Gasteiger partial charge in [-0.25, -0.2) is 17.5 Å². The average Bonchev–Trinajstić information content (AvgIpc) is 2.27. The number of halogens is 1. The van der Waals surface area contributed by atoms with E-state index in [4.69, 9.17) is 4.74 Å². The fourth-order valence-corrected chi connectivity index (χ4v) is 2.31. The summed E-state index contributed by atoms with van der Waals surface area (Å²) in [5.74, 6) is 0.297. The summed E-state index contributed by atoms with van der Waals surface area (Å²) in [4.78, 5) is 0.